The highest BCUT2D eigenvalue weighted by atomic mass is 19.1. The molecule has 2 atom stereocenters. The molecule has 0 aliphatic carbocycles. The highest BCUT2D eigenvalue weighted by molar-refractivity contribution is 5.75. The van der Waals surface area contributed by atoms with Gasteiger partial charge in [0.2, 0.25) is 5.95 Å². The standard InChI is InChI=1S/C25H27FN4O4/c1-15(2)23-20(11-10-18(31)13-19(32)14-22(33)34)24(16-6-8-17(26)9-7-16)30-25(29-23)28-21-5-3-4-12-27-21/h3-12,15,18-19,31-32H,13-14H2,1-2H3,(H,33,34)(H,27,28,29,30)/b11-10+/t18-,19-/m1/s1. The number of hydrogen-bond donors (Lipinski definition) is 4. The predicted molar refractivity (Wildman–Crippen MR) is 127 cm³/mol. The van der Waals surface area contributed by atoms with Gasteiger partial charge in [0.05, 0.1) is 30.0 Å². The van der Waals surface area contributed by atoms with Crippen molar-refractivity contribution in [1.29, 1.82) is 0 Å². The fourth-order valence-corrected chi connectivity index (χ4v) is 3.38. The van der Waals surface area contributed by atoms with Gasteiger partial charge in [-0.15, -0.1) is 0 Å². The Morgan fingerprint density at radius 1 is 1.12 bits per heavy atom. The molecule has 0 unspecified atom stereocenters. The minimum atomic E-state index is -1.18. The molecule has 0 radical (unpaired) electrons. The van der Waals surface area contributed by atoms with Crippen molar-refractivity contribution in [3.8, 4) is 11.3 Å². The van der Waals surface area contributed by atoms with Crippen LogP contribution in [0.3, 0.4) is 0 Å². The Bertz CT molecular complexity index is 1140. The number of aliphatic hydroxyl groups is 2. The van der Waals surface area contributed by atoms with Crippen molar-refractivity contribution < 1.29 is 24.5 Å². The van der Waals surface area contributed by atoms with E-state index in [9.17, 15) is 19.4 Å². The number of hydrogen-bond acceptors (Lipinski definition) is 7. The molecule has 178 valence electrons. The van der Waals surface area contributed by atoms with Gasteiger partial charge >= 0.3 is 5.97 Å². The second-order valence-corrected chi connectivity index (χ2v) is 8.11. The Hall–Kier alpha value is -3.69. The molecule has 3 rings (SSSR count). The van der Waals surface area contributed by atoms with Gasteiger partial charge in [0.1, 0.15) is 11.6 Å². The highest BCUT2D eigenvalue weighted by Gasteiger charge is 2.18. The lowest BCUT2D eigenvalue weighted by atomic mass is 9.97. The number of nitrogens with one attached hydrogen (secondary N) is 1. The van der Waals surface area contributed by atoms with Crippen LogP contribution in [0.4, 0.5) is 16.2 Å². The first-order valence-electron chi connectivity index (χ1n) is 10.8. The summed E-state index contributed by atoms with van der Waals surface area (Å²) in [5.41, 5.74) is 2.48. The van der Waals surface area contributed by atoms with Crippen LogP contribution in [-0.2, 0) is 4.79 Å². The normalized spacial score (nSPS) is 13.2. The summed E-state index contributed by atoms with van der Waals surface area (Å²) in [6.45, 7) is 3.93. The Labute approximate surface area is 196 Å². The largest absolute Gasteiger partial charge is 0.481 e. The number of carboxylic acid groups (broad SMARTS) is 1. The van der Waals surface area contributed by atoms with Crippen LogP contribution < -0.4 is 5.32 Å². The topological polar surface area (TPSA) is 128 Å². The molecule has 0 aliphatic heterocycles. The van der Waals surface area contributed by atoms with Crippen molar-refractivity contribution in [2.24, 2.45) is 0 Å². The summed E-state index contributed by atoms with van der Waals surface area (Å²) >= 11 is 0. The molecule has 9 heteroatoms. The molecule has 2 heterocycles. The van der Waals surface area contributed by atoms with E-state index in [0.29, 0.717) is 34.3 Å². The van der Waals surface area contributed by atoms with Gasteiger partial charge in [0.15, 0.2) is 0 Å². The lowest BCUT2D eigenvalue weighted by Crippen LogP contribution is -2.19. The summed E-state index contributed by atoms with van der Waals surface area (Å²) in [5, 5.41) is 32.0. The van der Waals surface area contributed by atoms with Crippen LogP contribution in [0.5, 0.6) is 0 Å². The van der Waals surface area contributed by atoms with Gasteiger partial charge in [-0.2, -0.15) is 0 Å². The number of anilines is 2. The number of aliphatic hydroxyl groups excluding tert-OH is 2. The highest BCUT2D eigenvalue weighted by Crippen LogP contribution is 2.31. The van der Waals surface area contributed by atoms with Gasteiger partial charge in [-0.05, 0) is 42.3 Å². The van der Waals surface area contributed by atoms with Crippen LogP contribution in [0.2, 0.25) is 0 Å². The number of carbonyl (C=O) groups is 1. The molecule has 34 heavy (non-hydrogen) atoms. The maximum atomic E-state index is 13.6. The van der Waals surface area contributed by atoms with E-state index in [2.05, 4.69) is 20.3 Å². The van der Waals surface area contributed by atoms with E-state index >= 15 is 0 Å². The van der Waals surface area contributed by atoms with Crippen LogP contribution >= 0.6 is 0 Å². The number of carboxylic acids is 1. The van der Waals surface area contributed by atoms with Crippen molar-refractivity contribution >= 4 is 23.8 Å². The number of nitrogens with zero attached hydrogens (tertiary/aromatic N) is 3. The molecule has 4 N–H and O–H groups in total. The third-order valence-electron chi connectivity index (χ3n) is 4.95. The summed E-state index contributed by atoms with van der Waals surface area (Å²) in [7, 11) is 0. The maximum Gasteiger partial charge on any atom is 0.305 e. The summed E-state index contributed by atoms with van der Waals surface area (Å²) in [5.74, 6) is -0.673. The lowest BCUT2D eigenvalue weighted by Gasteiger charge is -2.17. The van der Waals surface area contributed by atoms with E-state index < -0.39 is 24.6 Å². The summed E-state index contributed by atoms with van der Waals surface area (Å²) < 4.78 is 13.6. The molecule has 2 aromatic heterocycles. The van der Waals surface area contributed by atoms with Crippen molar-refractivity contribution in [3.05, 3.63) is 71.8 Å². The van der Waals surface area contributed by atoms with E-state index in [1.807, 2.05) is 19.9 Å². The zero-order valence-corrected chi connectivity index (χ0v) is 18.9. The average molecular weight is 467 g/mol. The van der Waals surface area contributed by atoms with Crippen LogP contribution in [0.25, 0.3) is 17.3 Å². The molecular formula is C25H27FN4O4. The molecule has 0 saturated carbocycles. The summed E-state index contributed by atoms with van der Waals surface area (Å²) in [4.78, 5) is 24.3. The fourth-order valence-electron chi connectivity index (χ4n) is 3.38. The first-order chi connectivity index (χ1) is 16.2. The van der Waals surface area contributed by atoms with Crippen molar-refractivity contribution in [2.75, 3.05) is 5.32 Å². The Kier molecular flexibility index (Phi) is 8.39. The van der Waals surface area contributed by atoms with Crippen LogP contribution in [0, 0.1) is 5.82 Å². The SMILES string of the molecule is CC(C)c1nc(Nc2ccccn2)nc(-c2ccc(F)cc2)c1/C=C/[C@@H](O)C[C@@H](O)CC(=O)O. The number of aromatic nitrogens is 3. The molecule has 0 amide bonds. The molecular weight excluding hydrogens is 439 g/mol. The monoisotopic (exact) mass is 466 g/mol. The van der Waals surface area contributed by atoms with E-state index in [1.165, 1.54) is 18.2 Å². The van der Waals surface area contributed by atoms with E-state index in [4.69, 9.17) is 5.11 Å². The summed E-state index contributed by atoms with van der Waals surface area (Å²) in [6, 6.07) is 11.3. The van der Waals surface area contributed by atoms with E-state index in [-0.39, 0.29) is 18.2 Å². The molecule has 8 nitrogen and oxygen atoms in total. The maximum absolute atomic E-state index is 13.6. The fraction of sp³-hybridized carbons (Fsp3) is 0.280. The summed E-state index contributed by atoms with van der Waals surface area (Å²) in [6.07, 6.45) is 1.90. The van der Waals surface area contributed by atoms with Gasteiger partial charge in [0.25, 0.3) is 0 Å². The lowest BCUT2D eigenvalue weighted by molar-refractivity contribution is -0.139. The van der Waals surface area contributed by atoms with Crippen molar-refractivity contribution in [2.45, 2.75) is 44.8 Å². The number of aliphatic carboxylic acids is 1. The van der Waals surface area contributed by atoms with Crippen LogP contribution in [0.15, 0.2) is 54.7 Å². The van der Waals surface area contributed by atoms with Gasteiger partial charge in [-0.1, -0.05) is 32.1 Å². The minimum Gasteiger partial charge on any atom is -0.481 e. The molecule has 0 saturated heterocycles. The minimum absolute atomic E-state index is 0.0270. The zero-order chi connectivity index (χ0) is 24.7. The molecule has 3 aromatic rings. The second kappa shape index (κ2) is 11.4. The van der Waals surface area contributed by atoms with Gasteiger partial charge in [-0.25, -0.2) is 19.3 Å². The van der Waals surface area contributed by atoms with E-state index in [1.54, 1.807) is 36.5 Å². The Balaban J connectivity index is 2.03. The molecule has 0 spiro atoms. The van der Waals surface area contributed by atoms with Crippen LogP contribution in [0.1, 0.15) is 43.9 Å². The smallest absolute Gasteiger partial charge is 0.305 e. The first kappa shape index (κ1) is 24.9. The third kappa shape index (κ3) is 6.90. The second-order valence-electron chi connectivity index (χ2n) is 8.11. The van der Waals surface area contributed by atoms with Gasteiger partial charge in [-0.3, -0.25) is 4.79 Å². The number of benzene rings is 1. The van der Waals surface area contributed by atoms with Crippen molar-refractivity contribution in [3.63, 3.8) is 0 Å². The number of pyridine rings is 1. The quantitative estimate of drug-likeness (QED) is 0.351. The zero-order valence-electron chi connectivity index (χ0n) is 18.9. The van der Waals surface area contributed by atoms with Crippen LogP contribution in [-0.4, -0.2) is 48.4 Å². The molecule has 0 fully saturated rings. The number of halogens is 1. The predicted octanol–water partition coefficient (Wildman–Crippen LogP) is 4.14. The van der Waals surface area contributed by atoms with Gasteiger partial charge < -0.3 is 20.6 Å². The van der Waals surface area contributed by atoms with E-state index in [0.717, 1.165) is 0 Å². The molecule has 1 aromatic carbocycles. The third-order valence-corrected chi connectivity index (χ3v) is 4.95. The van der Waals surface area contributed by atoms with Gasteiger partial charge in [0, 0.05) is 23.7 Å². The Morgan fingerprint density at radius 3 is 2.47 bits per heavy atom. The van der Waals surface area contributed by atoms with Crippen molar-refractivity contribution in [1.82, 2.24) is 15.0 Å². The average Bonchev–Trinajstić information content (AvgIpc) is 2.78. The first-order valence-corrected chi connectivity index (χ1v) is 10.8. The number of rotatable bonds is 10. The molecule has 0 bridgehead atoms. The Morgan fingerprint density at radius 2 is 1.85 bits per heavy atom. The molecule has 0 aliphatic rings.